The molecular weight excluding hydrogens is 434 g/mol. The number of amides is 2. The second kappa shape index (κ2) is 11.8. The normalized spacial score (nSPS) is 11.2. The van der Waals surface area contributed by atoms with Gasteiger partial charge in [-0.1, -0.05) is 24.3 Å². The molecular formula is C20H23ClF2N4O4. The van der Waals surface area contributed by atoms with Crippen molar-refractivity contribution in [2.24, 2.45) is 11.5 Å². The zero-order valence-electron chi connectivity index (χ0n) is 16.6. The van der Waals surface area contributed by atoms with E-state index in [9.17, 15) is 18.4 Å². The molecule has 0 unspecified atom stereocenters. The van der Waals surface area contributed by atoms with Crippen LogP contribution in [0.3, 0.4) is 0 Å². The minimum absolute atomic E-state index is 0. The fourth-order valence-corrected chi connectivity index (χ4v) is 2.59. The van der Waals surface area contributed by atoms with Crippen LogP contribution in [0, 0.1) is 17.0 Å². The van der Waals surface area contributed by atoms with Gasteiger partial charge in [-0.05, 0) is 24.6 Å². The fourth-order valence-electron chi connectivity index (χ4n) is 2.59. The highest BCUT2D eigenvalue weighted by molar-refractivity contribution is 5.94. The molecule has 0 fully saturated rings. The number of ether oxygens (including phenoxy) is 2. The summed E-state index contributed by atoms with van der Waals surface area (Å²) in [5.74, 6) is -4.28. The van der Waals surface area contributed by atoms with Crippen molar-refractivity contribution in [1.29, 1.82) is 5.41 Å². The Morgan fingerprint density at radius 3 is 2.32 bits per heavy atom. The van der Waals surface area contributed by atoms with E-state index in [1.165, 1.54) is 0 Å². The molecule has 0 aromatic heterocycles. The molecule has 2 rings (SSSR count). The molecule has 1 atom stereocenters. The predicted molar refractivity (Wildman–Crippen MR) is 112 cm³/mol. The Balaban J connectivity index is 0.00000480. The number of nitrogens with one attached hydrogen (secondary N) is 2. The van der Waals surface area contributed by atoms with Crippen LogP contribution in [-0.2, 0) is 20.9 Å². The van der Waals surface area contributed by atoms with Crippen LogP contribution >= 0.6 is 12.4 Å². The van der Waals surface area contributed by atoms with Crippen LogP contribution in [0.1, 0.15) is 29.7 Å². The summed E-state index contributed by atoms with van der Waals surface area (Å²) >= 11 is 0. The van der Waals surface area contributed by atoms with E-state index in [4.69, 9.17) is 26.4 Å². The summed E-state index contributed by atoms with van der Waals surface area (Å²) in [5, 5.41) is 9.93. The van der Waals surface area contributed by atoms with Gasteiger partial charge in [0.05, 0.1) is 5.56 Å². The van der Waals surface area contributed by atoms with Crippen molar-refractivity contribution in [2.75, 3.05) is 13.2 Å². The van der Waals surface area contributed by atoms with Gasteiger partial charge < -0.3 is 26.3 Å². The van der Waals surface area contributed by atoms with Crippen LogP contribution in [0.25, 0.3) is 0 Å². The quantitative estimate of drug-likeness (QED) is 0.319. The first kappa shape index (κ1) is 25.8. The SMILES string of the molecule is CCO[C@H](C(=O)NCc1ccc(C(=N)N)cc1)c1c(F)ccc(OCC(N)=O)c1F.Cl. The van der Waals surface area contributed by atoms with Crippen molar-refractivity contribution in [3.05, 3.63) is 64.7 Å². The molecule has 2 amide bonds. The first-order chi connectivity index (χ1) is 14.2. The molecule has 0 radical (unpaired) electrons. The van der Waals surface area contributed by atoms with Gasteiger partial charge in [-0.15, -0.1) is 12.4 Å². The summed E-state index contributed by atoms with van der Waals surface area (Å²) < 4.78 is 39.4. The third kappa shape index (κ3) is 6.90. The molecule has 2 aromatic carbocycles. The third-order valence-electron chi connectivity index (χ3n) is 4.03. The second-order valence-corrected chi connectivity index (χ2v) is 6.19. The number of rotatable bonds is 10. The minimum Gasteiger partial charge on any atom is -0.481 e. The second-order valence-electron chi connectivity index (χ2n) is 6.19. The van der Waals surface area contributed by atoms with E-state index >= 15 is 0 Å². The number of hydrogen-bond acceptors (Lipinski definition) is 5. The van der Waals surface area contributed by atoms with E-state index in [-0.39, 0.29) is 31.4 Å². The first-order valence-electron chi connectivity index (χ1n) is 8.96. The van der Waals surface area contributed by atoms with E-state index < -0.39 is 47.5 Å². The van der Waals surface area contributed by atoms with Crippen LogP contribution in [0.4, 0.5) is 8.78 Å². The van der Waals surface area contributed by atoms with E-state index in [0.717, 1.165) is 12.1 Å². The van der Waals surface area contributed by atoms with Crippen molar-refractivity contribution in [2.45, 2.75) is 19.6 Å². The Hall–Kier alpha value is -3.24. The standard InChI is InChI=1S/C20H22F2N4O4.ClH/c1-2-29-18(16-13(21)7-8-14(17(16)22)30-10-15(23)27)20(28)26-9-11-3-5-12(6-4-11)19(24)25;/h3-8,18H,2,9-10H2,1H3,(H2,23,27)(H3,24,25)(H,26,28);1H/t18-;/m0./s1. The lowest BCUT2D eigenvalue weighted by Crippen LogP contribution is -2.32. The van der Waals surface area contributed by atoms with Gasteiger partial charge in [-0.3, -0.25) is 15.0 Å². The molecule has 11 heteroatoms. The van der Waals surface area contributed by atoms with Gasteiger partial charge in [0.25, 0.3) is 11.8 Å². The number of amidine groups is 1. The lowest BCUT2D eigenvalue weighted by Gasteiger charge is -2.19. The third-order valence-corrected chi connectivity index (χ3v) is 4.03. The monoisotopic (exact) mass is 456 g/mol. The van der Waals surface area contributed by atoms with E-state index in [1.807, 2.05) is 0 Å². The number of primary amides is 1. The molecule has 0 saturated carbocycles. The topological polar surface area (TPSA) is 141 Å². The Kier molecular flexibility index (Phi) is 9.84. The highest BCUT2D eigenvalue weighted by atomic mass is 35.5. The Labute approximate surface area is 183 Å². The largest absolute Gasteiger partial charge is 0.481 e. The lowest BCUT2D eigenvalue weighted by molar-refractivity contribution is -0.133. The van der Waals surface area contributed by atoms with Crippen molar-refractivity contribution in [3.63, 3.8) is 0 Å². The maximum absolute atomic E-state index is 14.8. The first-order valence-corrected chi connectivity index (χ1v) is 8.96. The van der Waals surface area contributed by atoms with Gasteiger partial charge in [-0.25, -0.2) is 8.78 Å². The van der Waals surface area contributed by atoms with Gasteiger partial charge in [0.15, 0.2) is 24.3 Å². The maximum Gasteiger partial charge on any atom is 0.255 e. The molecule has 0 aliphatic carbocycles. The predicted octanol–water partition coefficient (Wildman–Crippen LogP) is 1.93. The van der Waals surface area contributed by atoms with Crippen LogP contribution < -0.4 is 21.5 Å². The molecule has 0 saturated heterocycles. The number of carbonyl (C=O) groups excluding carboxylic acids is 2. The van der Waals surface area contributed by atoms with Crippen LogP contribution in [-0.4, -0.2) is 30.9 Å². The van der Waals surface area contributed by atoms with Crippen molar-refractivity contribution in [1.82, 2.24) is 5.32 Å². The molecule has 168 valence electrons. The minimum atomic E-state index is -1.58. The average molecular weight is 457 g/mol. The van der Waals surface area contributed by atoms with Gasteiger partial charge in [-0.2, -0.15) is 0 Å². The highest BCUT2D eigenvalue weighted by Gasteiger charge is 2.29. The number of carbonyl (C=O) groups is 2. The van der Waals surface area contributed by atoms with Crippen molar-refractivity contribution < 1.29 is 27.8 Å². The van der Waals surface area contributed by atoms with Gasteiger partial charge >= 0.3 is 0 Å². The van der Waals surface area contributed by atoms with E-state index in [0.29, 0.717) is 11.1 Å². The summed E-state index contributed by atoms with van der Waals surface area (Å²) in [6.07, 6.45) is -1.58. The zero-order chi connectivity index (χ0) is 22.3. The van der Waals surface area contributed by atoms with Crippen molar-refractivity contribution in [3.8, 4) is 5.75 Å². The smallest absolute Gasteiger partial charge is 0.255 e. The summed E-state index contributed by atoms with van der Waals surface area (Å²) in [7, 11) is 0. The summed E-state index contributed by atoms with van der Waals surface area (Å²) in [5.41, 5.74) is 10.9. The van der Waals surface area contributed by atoms with E-state index in [2.05, 4.69) is 5.32 Å². The number of benzene rings is 2. The number of nitrogens with two attached hydrogens (primary N) is 2. The molecule has 0 heterocycles. The van der Waals surface area contributed by atoms with E-state index in [1.54, 1.807) is 31.2 Å². The number of halogens is 3. The highest BCUT2D eigenvalue weighted by Crippen LogP contribution is 2.30. The molecule has 2 aromatic rings. The number of nitrogen functional groups attached to an aromatic ring is 1. The Bertz CT molecular complexity index is 942. The molecule has 6 N–H and O–H groups in total. The van der Waals surface area contributed by atoms with Crippen LogP contribution in [0.5, 0.6) is 5.75 Å². The summed E-state index contributed by atoms with van der Waals surface area (Å²) in [6.45, 7) is 1.03. The maximum atomic E-state index is 14.8. The lowest BCUT2D eigenvalue weighted by atomic mass is 10.1. The average Bonchev–Trinajstić information content (AvgIpc) is 2.71. The van der Waals surface area contributed by atoms with Gasteiger partial charge in [0, 0.05) is 18.7 Å². The van der Waals surface area contributed by atoms with Gasteiger partial charge in [0.2, 0.25) is 0 Å². The zero-order valence-corrected chi connectivity index (χ0v) is 17.4. The molecule has 31 heavy (non-hydrogen) atoms. The molecule has 0 aliphatic rings. The fraction of sp³-hybridized carbons (Fsp3) is 0.250. The molecule has 0 aliphatic heterocycles. The van der Waals surface area contributed by atoms with Gasteiger partial charge in [0.1, 0.15) is 11.7 Å². The molecule has 0 bridgehead atoms. The molecule has 0 spiro atoms. The molecule has 8 nitrogen and oxygen atoms in total. The van der Waals surface area contributed by atoms with Crippen LogP contribution in [0.2, 0.25) is 0 Å². The Morgan fingerprint density at radius 2 is 1.77 bits per heavy atom. The Morgan fingerprint density at radius 1 is 1.13 bits per heavy atom. The summed E-state index contributed by atoms with van der Waals surface area (Å²) in [6, 6.07) is 8.45. The van der Waals surface area contributed by atoms with Crippen LogP contribution in [0.15, 0.2) is 36.4 Å². The van der Waals surface area contributed by atoms with Crippen molar-refractivity contribution >= 4 is 30.1 Å². The summed E-state index contributed by atoms with van der Waals surface area (Å²) in [4.78, 5) is 23.5. The number of hydrogen-bond donors (Lipinski definition) is 4.